The fraction of sp³-hybridized carbons (Fsp3) is 0.600. The number of nitrogens with one attached hydrogen (secondary N) is 1. The molecule has 116 valence electrons. The molecule has 0 atom stereocenters. The maximum atomic E-state index is 10.9. The van der Waals surface area contributed by atoms with Gasteiger partial charge in [0.2, 0.25) is 0 Å². The normalized spacial score (nSPS) is 15.8. The predicted molar refractivity (Wildman–Crippen MR) is 87.4 cm³/mol. The van der Waals surface area contributed by atoms with Crippen molar-refractivity contribution in [1.82, 2.24) is 10.2 Å². The summed E-state index contributed by atoms with van der Waals surface area (Å²) < 4.78 is 0.525. The lowest BCUT2D eigenvalue weighted by Gasteiger charge is -2.23. The van der Waals surface area contributed by atoms with Crippen LogP contribution >= 0.6 is 15.9 Å². The first-order valence-electron chi connectivity index (χ1n) is 7.41. The monoisotopic (exact) mass is 355 g/mol. The Labute approximate surface area is 134 Å². The number of benzene rings is 1. The Hall–Kier alpha value is -0.980. The summed E-state index contributed by atoms with van der Waals surface area (Å²) >= 11 is 3.20. The summed E-state index contributed by atoms with van der Waals surface area (Å²) in [4.78, 5) is 12.9. The lowest BCUT2D eigenvalue weighted by atomic mass is 10.2. The molecule has 1 N–H and O–H groups in total. The van der Waals surface area contributed by atoms with Crippen molar-refractivity contribution in [2.75, 3.05) is 20.1 Å². The highest BCUT2D eigenvalue weighted by Crippen LogP contribution is 2.25. The molecular formula is C15H22BrN3O2. The second kappa shape index (κ2) is 7.87. The van der Waals surface area contributed by atoms with Crippen molar-refractivity contribution in [3.05, 3.63) is 38.3 Å². The minimum Gasteiger partial charge on any atom is -0.311 e. The number of rotatable bonds is 7. The Morgan fingerprint density at radius 2 is 2.14 bits per heavy atom. The number of halogens is 1. The van der Waals surface area contributed by atoms with E-state index in [1.54, 1.807) is 12.1 Å². The van der Waals surface area contributed by atoms with Gasteiger partial charge in [-0.3, -0.25) is 10.1 Å². The van der Waals surface area contributed by atoms with E-state index in [4.69, 9.17) is 0 Å². The van der Waals surface area contributed by atoms with E-state index in [9.17, 15) is 10.1 Å². The highest BCUT2D eigenvalue weighted by atomic mass is 79.9. The van der Waals surface area contributed by atoms with Gasteiger partial charge in [0, 0.05) is 31.7 Å². The second-order valence-corrected chi connectivity index (χ2v) is 6.49. The van der Waals surface area contributed by atoms with Gasteiger partial charge in [0.05, 0.1) is 9.40 Å². The zero-order valence-corrected chi connectivity index (χ0v) is 13.9. The first-order chi connectivity index (χ1) is 10.1. The van der Waals surface area contributed by atoms with Crippen molar-refractivity contribution < 1.29 is 4.92 Å². The van der Waals surface area contributed by atoms with Crippen molar-refractivity contribution in [2.24, 2.45) is 0 Å². The summed E-state index contributed by atoms with van der Waals surface area (Å²) in [7, 11) is 2.18. The lowest BCUT2D eigenvalue weighted by molar-refractivity contribution is -0.385. The van der Waals surface area contributed by atoms with Crippen LogP contribution in [0.5, 0.6) is 0 Å². The van der Waals surface area contributed by atoms with Crippen LogP contribution in [0.1, 0.15) is 31.2 Å². The van der Waals surface area contributed by atoms with Crippen LogP contribution in [0.3, 0.4) is 0 Å². The van der Waals surface area contributed by atoms with Crippen LogP contribution in [-0.2, 0) is 6.54 Å². The molecule has 0 unspecified atom stereocenters. The van der Waals surface area contributed by atoms with Crippen LogP contribution in [0.15, 0.2) is 22.7 Å². The third kappa shape index (κ3) is 4.76. The minimum atomic E-state index is -0.360. The summed E-state index contributed by atoms with van der Waals surface area (Å²) in [6.07, 6.45) is 5.33. The molecule has 0 radical (unpaired) electrons. The molecule has 0 spiro atoms. The summed E-state index contributed by atoms with van der Waals surface area (Å²) in [6, 6.07) is 6.00. The van der Waals surface area contributed by atoms with Gasteiger partial charge in [-0.15, -0.1) is 0 Å². The number of nitro groups is 1. The molecular weight excluding hydrogens is 334 g/mol. The van der Waals surface area contributed by atoms with Crippen LogP contribution in [-0.4, -0.2) is 36.0 Å². The zero-order chi connectivity index (χ0) is 15.2. The molecule has 0 aromatic heterocycles. The van der Waals surface area contributed by atoms with Gasteiger partial charge in [-0.2, -0.15) is 0 Å². The van der Waals surface area contributed by atoms with Crippen LogP contribution in [0, 0.1) is 10.1 Å². The molecule has 6 heteroatoms. The lowest BCUT2D eigenvalue weighted by Crippen LogP contribution is -2.35. The third-order valence-corrected chi connectivity index (χ3v) is 4.80. The maximum absolute atomic E-state index is 10.9. The molecule has 1 aliphatic rings. The number of hydrogen-bond donors (Lipinski definition) is 1. The number of nitrogens with zero attached hydrogens (tertiary/aromatic N) is 2. The van der Waals surface area contributed by atoms with Crippen molar-refractivity contribution in [3.63, 3.8) is 0 Å². The fourth-order valence-electron chi connectivity index (χ4n) is 2.82. The molecule has 0 aliphatic heterocycles. The van der Waals surface area contributed by atoms with Crippen molar-refractivity contribution in [2.45, 2.75) is 38.3 Å². The summed E-state index contributed by atoms with van der Waals surface area (Å²) in [5, 5.41) is 14.3. The number of likely N-dealkylation sites (N-methyl/N-ethyl adjacent to an activating group) is 1. The van der Waals surface area contributed by atoms with Gasteiger partial charge in [0.15, 0.2) is 0 Å². The number of nitro benzene ring substituents is 1. The van der Waals surface area contributed by atoms with E-state index in [0.29, 0.717) is 11.0 Å². The van der Waals surface area contributed by atoms with Gasteiger partial charge in [0.25, 0.3) is 5.69 Å². The van der Waals surface area contributed by atoms with Gasteiger partial charge in [-0.05, 0) is 47.4 Å². The van der Waals surface area contributed by atoms with E-state index in [0.717, 1.165) is 24.7 Å². The molecule has 2 rings (SSSR count). The Morgan fingerprint density at radius 1 is 1.43 bits per heavy atom. The standard InChI is InChI=1S/C15H22BrN3O2/c1-18(13-4-2-3-5-13)9-8-17-11-12-6-7-14(16)15(10-12)19(20)21/h6-7,10,13,17H,2-5,8-9,11H2,1H3. The van der Waals surface area contributed by atoms with Crippen LogP contribution < -0.4 is 5.32 Å². The van der Waals surface area contributed by atoms with Crippen molar-refractivity contribution in [3.8, 4) is 0 Å². The third-order valence-electron chi connectivity index (χ3n) is 4.13. The predicted octanol–water partition coefficient (Wildman–Crippen LogP) is 3.32. The Morgan fingerprint density at radius 3 is 2.81 bits per heavy atom. The molecule has 1 aliphatic carbocycles. The minimum absolute atomic E-state index is 0.123. The van der Waals surface area contributed by atoms with Gasteiger partial charge >= 0.3 is 0 Å². The highest BCUT2D eigenvalue weighted by molar-refractivity contribution is 9.10. The van der Waals surface area contributed by atoms with Crippen LogP contribution in [0.2, 0.25) is 0 Å². The topological polar surface area (TPSA) is 58.4 Å². The smallest absolute Gasteiger partial charge is 0.283 e. The average molecular weight is 356 g/mol. The summed E-state index contributed by atoms with van der Waals surface area (Å²) in [5.74, 6) is 0. The molecule has 0 heterocycles. The van der Waals surface area contributed by atoms with Crippen LogP contribution in [0.4, 0.5) is 5.69 Å². The van der Waals surface area contributed by atoms with Crippen molar-refractivity contribution >= 4 is 21.6 Å². The second-order valence-electron chi connectivity index (χ2n) is 5.64. The fourth-order valence-corrected chi connectivity index (χ4v) is 3.22. The van der Waals surface area contributed by atoms with Gasteiger partial charge in [-0.25, -0.2) is 0 Å². The van der Waals surface area contributed by atoms with E-state index >= 15 is 0 Å². The molecule has 1 aromatic carbocycles. The molecule has 0 bridgehead atoms. The SMILES string of the molecule is CN(CCNCc1ccc(Br)c([N+](=O)[O-])c1)C1CCCC1. The Balaban J connectivity index is 1.75. The molecule has 1 aromatic rings. The molecule has 0 saturated heterocycles. The summed E-state index contributed by atoms with van der Waals surface area (Å²) in [6.45, 7) is 2.58. The summed E-state index contributed by atoms with van der Waals surface area (Å²) in [5.41, 5.74) is 1.06. The van der Waals surface area contributed by atoms with Gasteiger partial charge < -0.3 is 10.2 Å². The quantitative estimate of drug-likeness (QED) is 0.463. The average Bonchev–Trinajstić information content (AvgIpc) is 2.99. The molecule has 1 fully saturated rings. The number of hydrogen-bond acceptors (Lipinski definition) is 4. The van der Waals surface area contributed by atoms with E-state index in [1.165, 1.54) is 25.7 Å². The molecule has 0 amide bonds. The van der Waals surface area contributed by atoms with Gasteiger partial charge in [0.1, 0.15) is 0 Å². The van der Waals surface area contributed by atoms with E-state index in [1.807, 2.05) is 6.07 Å². The van der Waals surface area contributed by atoms with E-state index in [-0.39, 0.29) is 10.6 Å². The van der Waals surface area contributed by atoms with Gasteiger partial charge in [-0.1, -0.05) is 18.9 Å². The zero-order valence-electron chi connectivity index (χ0n) is 12.3. The Bertz CT molecular complexity index is 490. The van der Waals surface area contributed by atoms with E-state index < -0.39 is 0 Å². The molecule has 5 nitrogen and oxygen atoms in total. The molecule has 1 saturated carbocycles. The van der Waals surface area contributed by atoms with Crippen LogP contribution in [0.25, 0.3) is 0 Å². The highest BCUT2D eigenvalue weighted by Gasteiger charge is 2.18. The first kappa shape index (κ1) is 16.4. The Kier molecular flexibility index (Phi) is 6.14. The van der Waals surface area contributed by atoms with Crippen molar-refractivity contribution in [1.29, 1.82) is 0 Å². The van der Waals surface area contributed by atoms with E-state index in [2.05, 4.69) is 33.2 Å². The first-order valence-corrected chi connectivity index (χ1v) is 8.21. The maximum Gasteiger partial charge on any atom is 0.283 e. The molecule has 21 heavy (non-hydrogen) atoms. The largest absolute Gasteiger partial charge is 0.311 e.